The Labute approximate surface area is 108 Å². The maximum absolute atomic E-state index is 13.1. The van der Waals surface area contributed by atoms with Gasteiger partial charge in [-0.2, -0.15) is 0 Å². The van der Waals surface area contributed by atoms with E-state index in [1.165, 1.54) is 22.8 Å². The summed E-state index contributed by atoms with van der Waals surface area (Å²) in [7, 11) is 1.94. The number of aryl methyl sites for hydroxylation is 2. The minimum atomic E-state index is -0.180. The summed E-state index contributed by atoms with van der Waals surface area (Å²) in [5.74, 6) is -0.180. The Kier molecular flexibility index (Phi) is 3.78. The molecular weight excluding hydrogens is 225 g/mol. The van der Waals surface area contributed by atoms with Gasteiger partial charge in [0.2, 0.25) is 0 Å². The Balaban J connectivity index is 2.44. The zero-order valence-electron chi connectivity index (χ0n) is 11.0. The average Bonchev–Trinajstić information content (AvgIpc) is 2.31. The molecule has 0 aliphatic carbocycles. The summed E-state index contributed by atoms with van der Waals surface area (Å²) < 4.78 is 13.1. The number of rotatable bonds is 3. The second-order valence-electron chi connectivity index (χ2n) is 4.64. The molecule has 1 nitrogen and oxygen atoms in total. The predicted molar refractivity (Wildman–Crippen MR) is 74.1 cm³/mol. The van der Waals surface area contributed by atoms with Crippen LogP contribution < -0.4 is 5.32 Å². The fourth-order valence-corrected chi connectivity index (χ4v) is 2.27. The molecule has 0 radical (unpaired) electrons. The maximum Gasteiger partial charge on any atom is 0.123 e. The SMILES string of the molecule is CNCc1ccc(-c2ccc(F)cc2C)c(C)c1. The molecule has 0 amide bonds. The summed E-state index contributed by atoms with van der Waals surface area (Å²) in [6, 6.07) is 11.4. The molecule has 18 heavy (non-hydrogen) atoms. The molecule has 1 N–H and O–H groups in total. The molecular formula is C16H18FN. The summed E-state index contributed by atoms with van der Waals surface area (Å²) in [4.78, 5) is 0. The maximum atomic E-state index is 13.1. The van der Waals surface area contributed by atoms with Crippen LogP contribution in [-0.2, 0) is 6.54 Å². The number of benzene rings is 2. The number of hydrogen-bond donors (Lipinski definition) is 1. The normalized spacial score (nSPS) is 10.7. The highest BCUT2D eigenvalue weighted by atomic mass is 19.1. The van der Waals surface area contributed by atoms with Crippen molar-refractivity contribution in [2.45, 2.75) is 20.4 Å². The topological polar surface area (TPSA) is 12.0 Å². The van der Waals surface area contributed by atoms with Crippen molar-refractivity contribution in [3.8, 4) is 11.1 Å². The minimum Gasteiger partial charge on any atom is -0.316 e. The van der Waals surface area contributed by atoms with Crippen LogP contribution >= 0.6 is 0 Å². The molecule has 0 aromatic heterocycles. The second kappa shape index (κ2) is 5.32. The van der Waals surface area contributed by atoms with E-state index in [4.69, 9.17) is 0 Å². The van der Waals surface area contributed by atoms with E-state index in [2.05, 4.69) is 30.4 Å². The quantitative estimate of drug-likeness (QED) is 0.864. The molecule has 0 saturated heterocycles. The first-order valence-electron chi connectivity index (χ1n) is 6.12. The molecule has 2 heteroatoms. The van der Waals surface area contributed by atoms with Gasteiger partial charge in [-0.1, -0.05) is 24.3 Å². The van der Waals surface area contributed by atoms with Gasteiger partial charge in [-0.15, -0.1) is 0 Å². The molecule has 0 saturated carbocycles. The van der Waals surface area contributed by atoms with Gasteiger partial charge < -0.3 is 5.32 Å². The zero-order chi connectivity index (χ0) is 13.1. The van der Waals surface area contributed by atoms with Crippen LogP contribution in [0.2, 0.25) is 0 Å². The van der Waals surface area contributed by atoms with E-state index < -0.39 is 0 Å². The monoisotopic (exact) mass is 243 g/mol. The summed E-state index contributed by atoms with van der Waals surface area (Å²) in [5.41, 5.74) is 5.73. The van der Waals surface area contributed by atoms with E-state index in [-0.39, 0.29) is 5.82 Å². The standard InChI is InChI=1S/C16H18FN/c1-11-8-13(10-18-3)4-6-15(11)16-7-5-14(17)9-12(16)2/h4-9,18H,10H2,1-3H3. The molecule has 0 fully saturated rings. The summed E-state index contributed by atoms with van der Waals surface area (Å²) >= 11 is 0. The van der Waals surface area contributed by atoms with Crippen LogP contribution in [0.5, 0.6) is 0 Å². The Hall–Kier alpha value is -1.67. The lowest BCUT2D eigenvalue weighted by molar-refractivity contribution is 0.627. The van der Waals surface area contributed by atoms with Gasteiger partial charge in [-0.25, -0.2) is 4.39 Å². The highest BCUT2D eigenvalue weighted by molar-refractivity contribution is 5.70. The van der Waals surface area contributed by atoms with Crippen molar-refractivity contribution in [3.63, 3.8) is 0 Å². The van der Waals surface area contributed by atoms with Crippen molar-refractivity contribution in [1.29, 1.82) is 0 Å². The van der Waals surface area contributed by atoms with E-state index in [1.54, 1.807) is 6.07 Å². The molecule has 0 unspecified atom stereocenters. The van der Waals surface area contributed by atoms with Gasteiger partial charge in [0, 0.05) is 6.54 Å². The fraction of sp³-hybridized carbons (Fsp3) is 0.250. The highest BCUT2D eigenvalue weighted by Crippen LogP contribution is 2.27. The number of hydrogen-bond acceptors (Lipinski definition) is 1. The molecule has 0 aliphatic heterocycles. The van der Waals surface area contributed by atoms with E-state index in [0.717, 1.165) is 17.7 Å². The lowest BCUT2D eigenvalue weighted by Gasteiger charge is -2.11. The van der Waals surface area contributed by atoms with E-state index in [0.29, 0.717) is 0 Å². The Morgan fingerprint density at radius 1 is 0.944 bits per heavy atom. The summed E-state index contributed by atoms with van der Waals surface area (Å²) in [6.07, 6.45) is 0. The van der Waals surface area contributed by atoms with Crippen molar-refractivity contribution in [3.05, 3.63) is 58.9 Å². The first-order chi connectivity index (χ1) is 8.61. The smallest absolute Gasteiger partial charge is 0.123 e. The number of nitrogens with one attached hydrogen (secondary N) is 1. The third kappa shape index (κ3) is 2.59. The molecule has 0 bridgehead atoms. The van der Waals surface area contributed by atoms with Crippen molar-refractivity contribution in [1.82, 2.24) is 5.32 Å². The predicted octanol–water partition coefficient (Wildman–Crippen LogP) is 3.83. The van der Waals surface area contributed by atoms with Crippen LogP contribution in [0.15, 0.2) is 36.4 Å². The second-order valence-corrected chi connectivity index (χ2v) is 4.64. The van der Waals surface area contributed by atoms with Crippen molar-refractivity contribution >= 4 is 0 Å². The van der Waals surface area contributed by atoms with Crippen LogP contribution in [0, 0.1) is 19.7 Å². The molecule has 0 spiro atoms. The molecule has 2 rings (SSSR count). The van der Waals surface area contributed by atoms with E-state index in [9.17, 15) is 4.39 Å². The van der Waals surface area contributed by atoms with Crippen LogP contribution in [0.25, 0.3) is 11.1 Å². The van der Waals surface area contributed by atoms with Gasteiger partial charge in [0.1, 0.15) is 5.82 Å². The van der Waals surface area contributed by atoms with Crippen LogP contribution in [-0.4, -0.2) is 7.05 Å². The summed E-state index contributed by atoms with van der Waals surface area (Å²) in [5, 5.41) is 3.14. The Bertz CT molecular complexity index is 561. The summed E-state index contributed by atoms with van der Waals surface area (Å²) in [6.45, 7) is 4.90. The molecule has 2 aromatic rings. The molecule has 0 atom stereocenters. The first kappa shape index (κ1) is 12.8. The lowest BCUT2D eigenvalue weighted by atomic mass is 9.95. The van der Waals surface area contributed by atoms with E-state index >= 15 is 0 Å². The van der Waals surface area contributed by atoms with E-state index in [1.807, 2.05) is 20.0 Å². The van der Waals surface area contributed by atoms with Gasteiger partial charge >= 0.3 is 0 Å². The molecule has 94 valence electrons. The van der Waals surface area contributed by atoms with Gasteiger partial charge in [-0.05, 0) is 60.8 Å². The van der Waals surface area contributed by atoms with Crippen LogP contribution in [0.4, 0.5) is 4.39 Å². The van der Waals surface area contributed by atoms with Gasteiger partial charge in [0.15, 0.2) is 0 Å². The molecule has 2 aromatic carbocycles. The van der Waals surface area contributed by atoms with Gasteiger partial charge in [0.05, 0.1) is 0 Å². The van der Waals surface area contributed by atoms with Gasteiger partial charge in [-0.3, -0.25) is 0 Å². The molecule has 0 aliphatic rings. The van der Waals surface area contributed by atoms with Crippen molar-refractivity contribution in [2.75, 3.05) is 7.05 Å². The Morgan fingerprint density at radius 2 is 1.56 bits per heavy atom. The third-order valence-corrected chi connectivity index (χ3v) is 3.15. The van der Waals surface area contributed by atoms with Crippen molar-refractivity contribution in [2.24, 2.45) is 0 Å². The highest BCUT2D eigenvalue weighted by Gasteiger charge is 2.06. The zero-order valence-corrected chi connectivity index (χ0v) is 11.0. The number of halogens is 1. The van der Waals surface area contributed by atoms with Gasteiger partial charge in [0.25, 0.3) is 0 Å². The average molecular weight is 243 g/mol. The Morgan fingerprint density at radius 3 is 2.11 bits per heavy atom. The fourth-order valence-electron chi connectivity index (χ4n) is 2.27. The minimum absolute atomic E-state index is 0.180. The van der Waals surface area contributed by atoms with Crippen LogP contribution in [0.3, 0.4) is 0 Å². The van der Waals surface area contributed by atoms with Crippen LogP contribution in [0.1, 0.15) is 16.7 Å². The largest absolute Gasteiger partial charge is 0.316 e. The first-order valence-corrected chi connectivity index (χ1v) is 6.12. The van der Waals surface area contributed by atoms with Crippen molar-refractivity contribution < 1.29 is 4.39 Å². The molecule has 0 heterocycles. The third-order valence-electron chi connectivity index (χ3n) is 3.15. The lowest BCUT2D eigenvalue weighted by Crippen LogP contribution is -2.05.